The van der Waals surface area contributed by atoms with E-state index >= 15 is 0 Å². The van der Waals surface area contributed by atoms with Crippen LogP contribution in [0.25, 0.3) is 33.7 Å². The molecule has 10 nitrogen and oxygen atoms in total. The van der Waals surface area contributed by atoms with Gasteiger partial charge in [-0.15, -0.1) is 5.43 Å². The monoisotopic (exact) mass is 895 g/mol. The molecular formula is C57H61N5O5+2. The number of allylic oxidation sites excluding steroid dienone is 2. The summed E-state index contributed by atoms with van der Waals surface area (Å²) >= 11 is 0. The fraction of sp³-hybridized carbons (Fsp3) is 0.316. The van der Waals surface area contributed by atoms with Gasteiger partial charge in [0.15, 0.2) is 0 Å². The fourth-order valence-electron chi connectivity index (χ4n) is 10.9. The number of carbonyl (C=O) groups is 1. The van der Waals surface area contributed by atoms with Crippen LogP contribution in [0.5, 0.6) is 11.5 Å². The van der Waals surface area contributed by atoms with Crippen LogP contribution in [-0.4, -0.2) is 44.8 Å². The maximum absolute atomic E-state index is 14.3. The van der Waals surface area contributed by atoms with Crippen molar-refractivity contribution in [2.75, 3.05) is 43.6 Å². The van der Waals surface area contributed by atoms with E-state index in [-0.39, 0.29) is 38.8 Å². The molecule has 1 amide bonds. The molecule has 67 heavy (non-hydrogen) atoms. The first kappa shape index (κ1) is 45.1. The van der Waals surface area contributed by atoms with Crippen LogP contribution in [0.15, 0.2) is 124 Å². The Bertz CT molecular complexity index is 3360. The number of aromatic hydroxyl groups is 1. The van der Waals surface area contributed by atoms with Gasteiger partial charge in [0.1, 0.15) is 13.6 Å². The number of nitrogens with one attached hydrogen (secondary N) is 1. The van der Waals surface area contributed by atoms with Crippen molar-refractivity contribution in [2.24, 2.45) is 5.92 Å². The van der Waals surface area contributed by atoms with Crippen molar-refractivity contribution in [1.29, 1.82) is 0 Å². The Morgan fingerprint density at radius 3 is 1.82 bits per heavy atom. The van der Waals surface area contributed by atoms with Gasteiger partial charge in [0, 0.05) is 71.2 Å². The predicted molar refractivity (Wildman–Crippen MR) is 273 cm³/mol. The molecule has 2 N–H and O–H groups in total. The number of hydrogen-bond acceptors (Lipinski definition) is 7. The first-order chi connectivity index (χ1) is 32.2. The summed E-state index contributed by atoms with van der Waals surface area (Å²) in [4.78, 5) is 47.2. The van der Waals surface area contributed by atoms with Crippen LogP contribution in [-0.2, 0) is 15.6 Å². The van der Waals surface area contributed by atoms with Gasteiger partial charge in [0.2, 0.25) is 17.2 Å². The molecule has 7 aromatic rings. The van der Waals surface area contributed by atoms with Crippen molar-refractivity contribution in [3.63, 3.8) is 0 Å². The number of carbonyl (C=O) groups excluding carboxylic acids is 1. The average Bonchev–Trinajstić information content (AvgIpc) is 3.69. The summed E-state index contributed by atoms with van der Waals surface area (Å²) in [7, 11) is 3.46. The average molecular weight is 896 g/mol. The number of hydrogen-bond donors (Lipinski definition) is 2. The van der Waals surface area contributed by atoms with E-state index in [9.17, 15) is 19.5 Å². The number of methoxy groups -OCH3 is 1. The Hall–Kier alpha value is -7.07. The molecule has 0 bridgehead atoms. The van der Waals surface area contributed by atoms with Gasteiger partial charge >= 0.3 is 5.36 Å². The maximum Gasteiger partial charge on any atom is 0.326 e. The molecule has 0 aliphatic carbocycles. The minimum atomic E-state index is -0.481. The van der Waals surface area contributed by atoms with E-state index in [1.807, 2.05) is 61.0 Å². The lowest BCUT2D eigenvalue weighted by Crippen LogP contribution is -2.52. The number of amides is 1. The van der Waals surface area contributed by atoms with Gasteiger partial charge in [-0.2, -0.15) is 0 Å². The number of benzene rings is 5. The molecule has 0 aromatic heterocycles. The molecule has 2 aliphatic heterocycles. The number of para-hydroxylation sites is 1. The molecule has 2 heterocycles. The first-order valence-electron chi connectivity index (χ1n) is 23.7. The van der Waals surface area contributed by atoms with Gasteiger partial charge in [-0.25, -0.2) is 4.58 Å². The Balaban J connectivity index is 1.00. The van der Waals surface area contributed by atoms with Gasteiger partial charge in [0.05, 0.1) is 18.2 Å². The molecule has 2 aliphatic rings. The number of ether oxygens (including phenoxy) is 1. The van der Waals surface area contributed by atoms with E-state index in [0.717, 1.165) is 40.8 Å². The standard InChI is InChI=1S/C57H59N5O5/c1-10-31-61-44-29-27-37-21-17-19-25-40(37)48(44)57(6,7)46(61)34-42-53(65)50(54(42)67-9)59(8)32-30-35(11-2)55(66)58-62(38-22-14-13-15-23-38)49-51(63)41(52(49)64)33-45-56(4,5)47-39-24-18-16-20-36(39)26-28-43(47)60(45)12-3/h13-29,33-35H,10-12,30-32H2,1-9H3/p+2. The molecule has 1 unspecified atom stereocenters. The minimum absolute atomic E-state index is 0.00607. The highest BCUT2D eigenvalue weighted by Gasteiger charge is 2.44. The lowest BCUT2D eigenvalue weighted by molar-refractivity contribution is -0.126. The van der Waals surface area contributed by atoms with E-state index in [0.29, 0.717) is 48.3 Å². The molecule has 0 saturated carbocycles. The SMILES string of the molecule is CCCN1/C(=C/c2c(OC)c(=[N+](C)CCC(CC)C(=O)N/[N+](c3ccccc3)=c3\c(O)c(/C=C4/N(CC)c5ccc6ccccc6c5C4(C)C)c3=O)c2=O)C(C)(C)c2c1ccc1ccccc21. The molecule has 10 heteroatoms. The highest BCUT2D eigenvalue weighted by molar-refractivity contribution is 5.97. The van der Waals surface area contributed by atoms with Crippen LogP contribution in [0, 0.1) is 5.92 Å². The third-order valence-corrected chi connectivity index (χ3v) is 14.4. The minimum Gasteiger partial charge on any atom is -0.502 e. The summed E-state index contributed by atoms with van der Waals surface area (Å²) < 4.78 is 9.23. The number of rotatable bonds is 13. The zero-order valence-corrected chi connectivity index (χ0v) is 40.2. The van der Waals surface area contributed by atoms with Crippen LogP contribution >= 0.6 is 0 Å². The van der Waals surface area contributed by atoms with Crippen LogP contribution < -0.4 is 50.8 Å². The molecule has 342 valence electrons. The fourth-order valence-corrected chi connectivity index (χ4v) is 10.9. The maximum atomic E-state index is 14.3. The topological polar surface area (TPSA) is 105 Å². The van der Waals surface area contributed by atoms with Crippen molar-refractivity contribution < 1.29 is 14.6 Å². The number of anilines is 2. The van der Waals surface area contributed by atoms with E-state index < -0.39 is 11.3 Å². The summed E-state index contributed by atoms with van der Waals surface area (Å²) in [6.07, 6.45) is 5.70. The zero-order chi connectivity index (χ0) is 47.5. The quantitative estimate of drug-likeness (QED) is 0.0884. The third-order valence-electron chi connectivity index (χ3n) is 14.4. The number of nitrogens with zero attached hydrogens (tertiary/aromatic N) is 4. The normalized spacial score (nSPS) is 17.7. The van der Waals surface area contributed by atoms with Crippen molar-refractivity contribution in [3.05, 3.63) is 168 Å². The van der Waals surface area contributed by atoms with Crippen molar-refractivity contribution in [2.45, 2.75) is 78.6 Å². The van der Waals surface area contributed by atoms with E-state index in [1.54, 1.807) is 19.2 Å². The second-order valence-electron chi connectivity index (χ2n) is 19.1. The second-order valence-corrected chi connectivity index (χ2v) is 19.1. The molecule has 0 spiro atoms. The second kappa shape index (κ2) is 17.3. The summed E-state index contributed by atoms with van der Waals surface area (Å²) in [6.45, 7) is 16.9. The largest absolute Gasteiger partial charge is 0.502 e. The molecule has 0 fully saturated rings. The van der Waals surface area contributed by atoms with E-state index in [1.165, 1.54) is 32.3 Å². The van der Waals surface area contributed by atoms with Gasteiger partial charge < -0.3 is 19.6 Å². The van der Waals surface area contributed by atoms with Gasteiger partial charge in [-0.1, -0.05) is 125 Å². The third kappa shape index (κ3) is 7.19. The number of hydrazine groups is 1. The first-order valence-corrected chi connectivity index (χ1v) is 23.7. The Morgan fingerprint density at radius 2 is 1.27 bits per heavy atom. The Labute approximate surface area is 392 Å². The lowest BCUT2D eigenvalue weighted by Gasteiger charge is -2.27. The lowest BCUT2D eigenvalue weighted by atomic mass is 9.80. The molecular weight excluding hydrogens is 835 g/mol. The molecule has 0 saturated heterocycles. The summed E-state index contributed by atoms with van der Waals surface area (Å²) in [5.41, 5.74) is 9.65. The Morgan fingerprint density at radius 1 is 0.731 bits per heavy atom. The Kier molecular flexibility index (Phi) is 11.6. The van der Waals surface area contributed by atoms with Crippen molar-refractivity contribution in [1.82, 2.24) is 14.7 Å². The highest BCUT2D eigenvalue weighted by atomic mass is 16.5. The van der Waals surface area contributed by atoms with Gasteiger partial charge in [-0.05, 0) is 76.7 Å². The zero-order valence-electron chi connectivity index (χ0n) is 40.2. The number of likely N-dealkylation sites (N-methyl/N-ethyl adjacent to an activating group) is 1. The summed E-state index contributed by atoms with van der Waals surface area (Å²) in [6, 6.07) is 34.5. The van der Waals surface area contributed by atoms with E-state index in [4.69, 9.17) is 4.74 Å². The highest BCUT2D eigenvalue weighted by Crippen LogP contribution is 2.52. The van der Waals surface area contributed by atoms with Crippen LogP contribution in [0.4, 0.5) is 17.1 Å². The molecule has 7 aromatic carbocycles. The van der Waals surface area contributed by atoms with E-state index in [2.05, 4.69) is 117 Å². The van der Waals surface area contributed by atoms with Gasteiger partial charge in [-0.3, -0.25) is 14.4 Å². The van der Waals surface area contributed by atoms with Crippen LogP contribution in [0.2, 0.25) is 0 Å². The summed E-state index contributed by atoms with van der Waals surface area (Å²) in [5, 5.41) is 17.0. The van der Waals surface area contributed by atoms with Crippen molar-refractivity contribution >= 4 is 56.7 Å². The van der Waals surface area contributed by atoms with Crippen molar-refractivity contribution in [3.8, 4) is 11.5 Å². The molecule has 0 radical (unpaired) electrons. The predicted octanol–water partition coefficient (Wildman–Crippen LogP) is 8.54. The number of fused-ring (bicyclic) bond motifs is 6. The van der Waals surface area contributed by atoms with Crippen LogP contribution in [0.3, 0.4) is 0 Å². The summed E-state index contributed by atoms with van der Waals surface area (Å²) in [5.74, 6) is -0.428. The molecule has 1 atom stereocenters. The van der Waals surface area contributed by atoms with Gasteiger partial charge in [0.25, 0.3) is 22.1 Å². The smallest absolute Gasteiger partial charge is 0.326 e. The van der Waals surface area contributed by atoms with Crippen LogP contribution in [0.1, 0.15) is 90.0 Å². The molecule has 9 rings (SSSR count).